The average molecular weight is 113 g/mol. The maximum absolute atomic E-state index is 4.96. The number of nitrogens with zero attached hydrogens (tertiary/aromatic N) is 2. The molecule has 0 radical (unpaired) electrons. The highest BCUT2D eigenvalue weighted by molar-refractivity contribution is 6.40. The summed E-state index contributed by atoms with van der Waals surface area (Å²) >= 11 is 0. The van der Waals surface area contributed by atoms with Crippen LogP contribution < -0.4 is 5.84 Å². The lowest BCUT2D eigenvalue weighted by Gasteiger charge is -1.91. The summed E-state index contributed by atoms with van der Waals surface area (Å²) in [6.45, 7) is 3.69. The molecule has 0 aromatic carbocycles. The van der Waals surface area contributed by atoms with Crippen molar-refractivity contribution in [1.82, 2.24) is 0 Å². The molecule has 46 valence electrons. The molecule has 8 heavy (non-hydrogen) atoms. The van der Waals surface area contributed by atoms with Gasteiger partial charge in [0.2, 0.25) is 0 Å². The largest absolute Gasteiger partial charge is 0.323 e. The Labute approximate surface area is 49.3 Å². The second-order valence-electron chi connectivity index (χ2n) is 1.52. The van der Waals surface area contributed by atoms with Crippen LogP contribution in [0.3, 0.4) is 0 Å². The van der Waals surface area contributed by atoms with Gasteiger partial charge in [-0.25, -0.2) is 0 Å². The van der Waals surface area contributed by atoms with Gasteiger partial charge < -0.3 is 5.84 Å². The first-order valence-corrected chi connectivity index (χ1v) is 2.40. The maximum Gasteiger partial charge on any atom is 0.0776 e. The minimum absolute atomic E-state index is 0.785. The van der Waals surface area contributed by atoms with E-state index in [4.69, 9.17) is 5.84 Å². The van der Waals surface area contributed by atoms with Crippen LogP contribution >= 0.6 is 0 Å². The average Bonchev–Trinajstić information content (AvgIpc) is 1.84. The summed E-state index contributed by atoms with van der Waals surface area (Å²) in [7, 11) is 1.71. The Kier molecular flexibility index (Phi) is 2.84. The molecule has 0 aromatic heterocycles. The molecule has 0 aliphatic heterocycles. The fraction of sp³-hybridized carbons (Fsp3) is 0.600. The molecular weight excluding hydrogens is 102 g/mol. The van der Waals surface area contributed by atoms with Gasteiger partial charge in [0.05, 0.1) is 11.4 Å². The van der Waals surface area contributed by atoms with Crippen LogP contribution in [0.2, 0.25) is 0 Å². The topological polar surface area (TPSA) is 50.7 Å². The second kappa shape index (κ2) is 3.18. The summed E-state index contributed by atoms with van der Waals surface area (Å²) < 4.78 is 0. The van der Waals surface area contributed by atoms with Gasteiger partial charge in [-0.2, -0.15) is 5.10 Å². The van der Waals surface area contributed by atoms with E-state index in [2.05, 4.69) is 10.1 Å². The highest BCUT2D eigenvalue weighted by Crippen LogP contribution is 1.77. The van der Waals surface area contributed by atoms with Crippen molar-refractivity contribution in [3.63, 3.8) is 0 Å². The minimum Gasteiger partial charge on any atom is -0.323 e. The van der Waals surface area contributed by atoms with Gasteiger partial charge in [-0.3, -0.25) is 4.99 Å². The lowest BCUT2D eigenvalue weighted by molar-refractivity contribution is 1.24. The highest BCUT2D eigenvalue weighted by atomic mass is 15.1. The maximum atomic E-state index is 4.96. The number of aliphatic imine (C=N–C) groups is 1. The van der Waals surface area contributed by atoms with E-state index < -0.39 is 0 Å². The Morgan fingerprint density at radius 2 is 1.75 bits per heavy atom. The van der Waals surface area contributed by atoms with Crippen molar-refractivity contribution in [2.75, 3.05) is 7.05 Å². The van der Waals surface area contributed by atoms with Crippen molar-refractivity contribution in [2.45, 2.75) is 13.8 Å². The molecule has 0 aliphatic rings. The van der Waals surface area contributed by atoms with Crippen LogP contribution in [0.25, 0.3) is 0 Å². The van der Waals surface area contributed by atoms with Crippen LogP contribution in [0.5, 0.6) is 0 Å². The van der Waals surface area contributed by atoms with Crippen molar-refractivity contribution in [3.8, 4) is 0 Å². The first-order valence-electron chi connectivity index (χ1n) is 2.40. The van der Waals surface area contributed by atoms with Gasteiger partial charge >= 0.3 is 0 Å². The van der Waals surface area contributed by atoms with E-state index in [1.807, 2.05) is 13.8 Å². The Hall–Kier alpha value is -0.860. The number of nitrogens with two attached hydrogens (primary N) is 1. The molecule has 0 unspecified atom stereocenters. The third-order valence-electron chi connectivity index (χ3n) is 1.05. The van der Waals surface area contributed by atoms with Gasteiger partial charge in [0.15, 0.2) is 0 Å². The first kappa shape index (κ1) is 7.14. The van der Waals surface area contributed by atoms with Crippen LogP contribution in [-0.2, 0) is 0 Å². The van der Waals surface area contributed by atoms with E-state index in [0.717, 1.165) is 11.4 Å². The van der Waals surface area contributed by atoms with Gasteiger partial charge in [-0.05, 0) is 13.8 Å². The van der Waals surface area contributed by atoms with Crippen LogP contribution in [0.15, 0.2) is 10.1 Å². The van der Waals surface area contributed by atoms with Gasteiger partial charge in [0.1, 0.15) is 0 Å². The van der Waals surface area contributed by atoms with E-state index in [1.54, 1.807) is 7.05 Å². The van der Waals surface area contributed by atoms with Crippen molar-refractivity contribution in [3.05, 3.63) is 0 Å². The molecule has 0 heterocycles. The Bertz CT molecular complexity index is 108. The van der Waals surface area contributed by atoms with Crippen molar-refractivity contribution < 1.29 is 0 Å². The van der Waals surface area contributed by atoms with Crippen molar-refractivity contribution in [2.24, 2.45) is 15.9 Å². The number of hydrazone groups is 1. The van der Waals surface area contributed by atoms with Gasteiger partial charge in [0.25, 0.3) is 0 Å². The zero-order valence-corrected chi connectivity index (χ0v) is 5.47. The van der Waals surface area contributed by atoms with E-state index in [1.165, 1.54) is 0 Å². The van der Waals surface area contributed by atoms with E-state index >= 15 is 0 Å². The monoisotopic (exact) mass is 113 g/mol. The van der Waals surface area contributed by atoms with Crippen LogP contribution in [0.4, 0.5) is 0 Å². The van der Waals surface area contributed by atoms with Crippen LogP contribution in [0.1, 0.15) is 13.8 Å². The van der Waals surface area contributed by atoms with Gasteiger partial charge in [-0.15, -0.1) is 0 Å². The molecule has 0 aromatic rings. The molecule has 0 saturated heterocycles. The standard InChI is InChI=1S/C5H11N3/c1-4(7-3)5(2)8-6/h6H2,1-3H3/b7-4+,8-5+. The molecule has 0 saturated carbocycles. The molecule has 3 nitrogen and oxygen atoms in total. The molecule has 0 atom stereocenters. The molecule has 0 bridgehead atoms. The quantitative estimate of drug-likeness (QED) is 0.299. The van der Waals surface area contributed by atoms with Crippen molar-refractivity contribution in [1.29, 1.82) is 0 Å². The lowest BCUT2D eigenvalue weighted by atomic mass is 10.3. The molecule has 0 spiro atoms. The molecule has 0 rings (SSSR count). The summed E-state index contributed by atoms with van der Waals surface area (Å²) in [5, 5.41) is 3.45. The number of hydrogen-bond acceptors (Lipinski definition) is 3. The normalized spacial score (nSPS) is 14.4. The third-order valence-corrected chi connectivity index (χ3v) is 1.05. The summed E-state index contributed by atoms with van der Waals surface area (Å²) in [6, 6.07) is 0. The number of rotatable bonds is 1. The van der Waals surface area contributed by atoms with Gasteiger partial charge in [-0.1, -0.05) is 0 Å². The Morgan fingerprint density at radius 1 is 1.25 bits per heavy atom. The molecular formula is C5H11N3. The summed E-state index contributed by atoms with van der Waals surface area (Å²) in [4.78, 5) is 3.87. The zero-order chi connectivity index (χ0) is 6.57. The predicted molar refractivity (Wildman–Crippen MR) is 36.3 cm³/mol. The summed E-state index contributed by atoms with van der Waals surface area (Å²) in [5.41, 5.74) is 1.67. The summed E-state index contributed by atoms with van der Waals surface area (Å²) in [6.07, 6.45) is 0. The highest BCUT2D eigenvalue weighted by Gasteiger charge is 1.90. The lowest BCUT2D eigenvalue weighted by Crippen LogP contribution is -2.07. The minimum atomic E-state index is 0.785. The van der Waals surface area contributed by atoms with Gasteiger partial charge in [0, 0.05) is 7.05 Å². The fourth-order valence-electron chi connectivity index (χ4n) is 0.255. The Balaban J connectivity index is 4.04. The van der Waals surface area contributed by atoms with E-state index in [9.17, 15) is 0 Å². The predicted octanol–water partition coefficient (Wildman–Crippen LogP) is 0.412. The van der Waals surface area contributed by atoms with E-state index in [-0.39, 0.29) is 0 Å². The first-order chi connectivity index (χ1) is 3.72. The van der Waals surface area contributed by atoms with E-state index in [0.29, 0.717) is 0 Å². The molecule has 0 fully saturated rings. The molecule has 0 amide bonds. The fourth-order valence-corrected chi connectivity index (χ4v) is 0.255. The smallest absolute Gasteiger partial charge is 0.0776 e. The zero-order valence-electron chi connectivity index (χ0n) is 5.47. The van der Waals surface area contributed by atoms with Crippen LogP contribution in [-0.4, -0.2) is 18.5 Å². The molecule has 3 heteroatoms. The Morgan fingerprint density at radius 3 is 1.88 bits per heavy atom. The molecule has 0 aliphatic carbocycles. The SMILES string of the molecule is C/N=C(C)/C(C)=N/N. The summed E-state index contributed by atoms with van der Waals surface area (Å²) in [5.74, 6) is 4.96. The second-order valence-corrected chi connectivity index (χ2v) is 1.52. The third kappa shape index (κ3) is 1.73. The van der Waals surface area contributed by atoms with Crippen LogP contribution in [0, 0.1) is 0 Å². The molecule has 2 N–H and O–H groups in total. The van der Waals surface area contributed by atoms with Crippen molar-refractivity contribution >= 4 is 11.4 Å². The number of hydrogen-bond donors (Lipinski definition) is 1.